The largest absolute Gasteiger partial charge is 0.394 e. The highest BCUT2D eigenvalue weighted by atomic mass is 16.7. The van der Waals surface area contributed by atoms with Crippen molar-refractivity contribution in [1.29, 1.82) is 0 Å². The van der Waals surface area contributed by atoms with Gasteiger partial charge in [-0.1, -0.05) is 321 Å². The molecule has 2 fully saturated rings. The van der Waals surface area contributed by atoms with E-state index in [0.29, 0.717) is 12.8 Å². The molecule has 2 aliphatic heterocycles. The fourth-order valence-electron chi connectivity index (χ4n) is 12.0. The smallest absolute Gasteiger partial charge is 0.220 e. The highest BCUT2D eigenvalue weighted by Gasteiger charge is 2.51. The lowest BCUT2D eigenvalue weighted by Gasteiger charge is -2.46. The molecule has 2 heterocycles. The fourth-order valence-corrected chi connectivity index (χ4v) is 12.0. The standard InChI is InChI=1S/C83H141NO13/c1-3-5-7-9-11-13-15-17-19-21-23-25-27-29-30-31-32-33-34-35-36-37-38-39-40-41-42-43-45-47-49-51-53-55-57-59-61-63-65-67-75(88)84-71(70-94-82-80(93)78(91)81(74(69-86)96-82)97-83-79(92)77(90)76(89)73(68-85)95-83)72(87)66-64-62-60-58-56-54-52-50-48-46-44-28-26-24-22-20-18-16-14-12-10-8-6-4-2/h5,7,11,13,17,19,23,25,29-30,32-33,35-36,38-39,41-42,45,47,51,53,71-74,76-83,85-87,89-93H,3-4,6,8-10,12,14-16,18,20-22,24,26-28,31,34,37,40,43-44,46,48-50,52,54-70H2,1-2H3,(H,84,88)/b7-5-,13-11-,19-17-,25-23-,30-29-,33-32-,36-35-,39-38-,42-41-,47-45-,53-51-. The number of hydrogen-bond donors (Lipinski definition) is 9. The fraction of sp³-hybridized carbons (Fsp3) is 0.723. The van der Waals surface area contributed by atoms with Crippen molar-refractivity contribution in [2.45, 2.75) is 364 Å². The number of hydrogen-bond acceptors (Lipinski definition) is 13. The molecule has 0 saturated carbocycles. The Labute approximate surface area is 590 Å². The van der Waals surface area contributed by atoms with Crippen LogP contribution in [-0.2, 0) is 23.7 Å². The number of carbonyl (C=O) groups is 1. The molecule has 97 heavy (non-hydrogen) atoms. The Balaban J connectivity index is 1.65. The normalized spacial score (nSPS) is 22.9. The van der Waals surface area contributed by atoms with E-state index < -0.39 is 86.8 Å². The molecule has 0 radical (unpaired) electrons. The van der Waals surface area contributed by atoms with Gasteiger partial charge in [-0.2, -0.15) is 0 Å². The minimum Gasteiger partial charge on any atom is -0.394 e. The Hall–Kier alpha value is -3.87. The van der Waals surface area contributed by atoms with Gasteiger partial charge in [0.1, 0.15) is 48.8 Å². The number of allylic oxidation sites excluding steroid dienone is 22. The zero-order chi connectivity index (χ0) is 70.1. The minimum absolute atomic E-state index is 0.228. The molecule has 2 saturated heterocycles. The molecule has 0 bridgehead atoms. The molecule has 556 valence electrons. The third kappa shape index (κ3) is 48.6. The maximum Gasteiger partial charge on any atom is 0.220 e. The predicted octanol–water partition coefficient (Wildman–Crippen LogP) is 17.4. The number of unbranched alkanes of at least 4 members (excludes halogenated alkanes) is 28. The first-order chi connectivity index (χ1) is 47.6. The van der Waals surface area contributed by atoms with Crippen LogP contribution in [0.2, 0.25) is 0 Å². The first-order valence-electron chi connectivity index (χ1n) is 38.9. The van der Waals surface area contributed by atoms with Crippen LogP contribution in [0.4, 0.5) is 0 Å². The number of ether oxygens (including phenoxy) is 4. The third-order valence-electron chi connectivity index (χ3n) is 18.1. The van der Waals surface area contributed by atoms with Gasteiger partial charge in [0.2, 0.25) is 5.91 Å². The van der Waals surface area contributed by atoms with Crippen LogP contribution in [0.25, 0.3) is 0 Å². The van der Waals surface area contributed by atoms with E-state index in [4.69, 9.17) is 18.9 Å². The first-order valence-corrected chi connectivity index (χ1v) is 38.9. The van der Waals surface area contributed by atoms with Crippen LogP contribution in [0.5, 0.6) is 0 Å². The van der Waals surface area contributed by atoms with Crippen LogP contribution in [0.1, 0.15) is 290 Å². The molecule has 0 aromatic heterocycles. The van der Waals surface area contributed by atoms with Crippen molar-refractivity contribution in [2.24, 2.45) is 0 Å². The number of aliphatic hydroxyl groups is 8. The Morgan fingerprint density at radius 1 is 0.381 bits per heavy atom. The average Bonchev–Trinajstić information content (AvgIpc) is 0.794. The molecule has 14 nitrogen and oxygen atoms in total. The van der Waals surface area contributed by atoms with E-state index in [1.54, 1.807) is 0 Å². The molecule has 0 aliphatic carbocycles. The molecule has 14 heteroatoms. The maximum absolute atomic E-state index is 13.4. The number of rotatable bonds is 63. The monoisotopic (exact) mass is 1360 g/mol. The molecule has 0 aromatic carbocycles. The lowest BCUT2D eigenvalue weighted by atomic mass is 9.97. The van der Waals surface area contributed by atoms with Gasteiger partial charge in [-0.15, -0.1) is 0 Å². The van der Waals surface area contributed by atoms with Crippen LogP contribution >= 0.6 is 0 Å². The van der Waals surface area contributed by atoms with Crippen LogP contribution in [-0.4, -0.2) is 140 Å². The summed E-state index contributed by atoms with van der Waals surface area (Å²) in [5.41, 5.74) is 0. The van der Waals surface area contributed by atoms with Gasteiger partial charge in [-0.3, -0.25) is 4.79 Å². The van der Waals surface area contributed by atoms with Gasteiger partial charge in [-0.25, -0.2) is 0 Å². The quantitative estimate of drug-likeness (QED) is 0.0204. The van der Waals surface area contributed by atoms with E-state index in [2.05, 4.69) is 153 Å². The SMILES string of the molecule is CC/C=C\C/C=C\C/C=C\C/C=C\C/C=C\C/C=C\C/C=C\C/C=C\C/C=C\C/C=C\C/C=C\CCCCCCCC(=O)NC(COC1OC(CO)C(OC2OC(CO)C(O)C(O)C2O)C(O)C1O)C(O)CCCCCCCCCCCCCCCCCCCCCCCCCC. The van der Waals surface area contributed by atoms with Crippen molar-refractivity contribution >= 4 is 5.91 Å². The second kappa shape index (κ2) is 65.4. The number of amides is 1. The second-order valence-electron chi connectivity index (χ2n) is 26.8. The van der Waals surface area contributed by atoms with Crippen LogP contribution in [0, 0.1) is 0 Å². The van der Waals surface area contributed by atoms with Crippen molar-refractivity contribution in [3.8, 4) is 0 Å². The molecule has 2 aliphatic rings. The second-order valence-corrected chi connectivity index (χ2v) is 26.8. The Bertz CT molecular complexity index is 2140. The summed E-state index contributed by atoms with van der Waals surface area (Å²) in [6, 6.07) is -0.851. The zero-order valence-corrected chi connectivity index (χ0v) is 60.8. The van der Waals surface area contributed by atoms with Gasteiger partial charge in [0.05, 0.1) is 32.0 Å². The Kier molecular flexibility index (Phi) is 60.2. The van der Waals surface area contributed by atoms with Gasteiger partial charge in [-0.05, 0) is 96.3 Å². The lowest BCUT2D eigenvalue weighted by molar-refractivity contribution is -0.359. The number of nitrogens with one attached hydrogen (secondary N) is 1. The van der Waals surface area contributed by atoms with E-state index in [9.17, 15) is 45.6 Å². The van der Waals surface area contributed by atoms with E-state index in [0.717, 1.165) is 128 Å². The summed E-state index contributed by atoms with van der Waals surface area (Å²) in [6.07, 6.45) is 80.4. The topological polar surface area (TPSA) is 228 Å². The van der Waals surface area contributed by atoms with E-state index in [-0.39, 0.29) is 18.9 Å². The van der Waals surface area contributed by atoms with Crippen LogP contribution in [0.15, 0.2) is 134 Å². The zero-order valence-electron chi connectivity index (χ0n) is 60.8. The van der Waals surface area contributed by atoms with E-state index in [1.165, 1.54) is 128 Å². The number of carbonyl (C=O) groups excluding carboxylic acids is 1. The summed E-state index contributed by atoms with van der Waals surface area (Å²) in [5, 5.41) is 87.8. The number of aliphatic hydroxyl groups excluding tert-OH is 8. The minimum atomic E-state index is -1.79. The van der Waals surface area contributed by atoms with Crippen molar-refractivity contribution < 1.29 is 64.6 Å². The van der Waals surface area contributed by atoms with Gasteiger partial charge >= 0.3 is 0 Å². The van der Waals surface area contributed by atoms with Crippen molar-refractivity contribution in [2.75, 3.05) is 19.8 Å². The van der Waals surface area contributed by atoms with Gasteiger partial charge < -0.3 is 65.1 Å². The third-order valence-corrected chi connectivity index (χ3v) is 18.1. The Morgan fingerprint density at radius 3 is 1.09 bits per heavy atom. The maximum atomic E-state index is 13.4. The van der Waals surface area contributed by atoms with Crippen LogP contribution in [0.3, 0.4) is 0 Å². The summed E-state index contributed by atoms with van der Waals surface area (Å²) in [7, 11) is 0. The lowest BCUT2D eigenvalue weighted by Crippen LogP contribution is -2.65. The van der Waals surface area contributed by atoms with Crippen molar-refractivity contribution in [3.05, 3.63) is 134 Å². The molecular formula is C83H141NO13. The molecule has 12 unspecified atom stereocenters. The average molecular weight is 1360 g/mol. The summed E-state index contributed by atoms with van der Waals surface area (Å²) in [6.45, 7) is 2.76. The van der Waals surface area contributed by atoms with Gasteiger partial charge in [0.25, 0.3) is 0 Å². The van der Waals surface area contributed by atoms with Crippen LogP contribution < -0.4 is 5.32 Å². The Morgan fingerprint density at radius 2 is 0.711 bits per heavy atom. The molecular weight excluding hydrogens is 1220 g/mol. The first kappa shape index (κ1) is 89.2. The van der Waals surface area contributed by atoms with Crippen molar-refractivity contribution in [3.63, 3.8) is 0 Å². The molecule has 9 N–H and O–H groups in total. The van der Waals surface area contributed by atoms with E-state index >= 15 is 0 Å². The summed E-state index contributed by atoms with van der Waals surface area (Å²) in [4.78, 5) is 13.4. The van der Waals surface area contributed by atoms with Gasteiger partial charge in [0.15, 0.2) is 12.6 Å². The molecule has 2 rings (SSSR count). The molecule has 0 spiro atoms. The van der Waals surface area contributed by atoms with Crippen molar-refractivity contribution in [1.82, 2.24) is 5.32 Å². The highest BCUT2D eigenvalue weighted by molar-refractivity contribution is 5.76. The molecule has 12 atom stereocenters. The summed E-state index contributed by atoms with van der Waals surface area (Å²) < 4.78 is 22.9. The van der Waals surface area contributed by atoms with Gasteiger partial charge in [0, 0.05) is 6.42 Å². The predicted molar refractivity (Wildman–Crippen MR) is 401 cm³/mol. The van der Waals surface area contributed by atoms with E-state index in [1.807, 2.05) is 0 Å². The summed E-state index contributed by atoms with van der Waals surface area (Å²) >= 11 is 0. The summed E-state index contributed by atoms with van der Waals surface area (Å²) in [5.74, 6) is -0.228. The highest BCUT2D eigenvalue weighted by Crippen LogP contribution is 2.30. The molecule has 0 aromatic rings. The molecule has 1 amide bonds.